The van der Waals surface area contributed by atoms with E-state index in [-0.39, 0.29) is 18.1 Å². The number of hydrogen-bond donors (Lipinski definition) is 0. The first-order valence-electron chi connectivity index (χ1n) is 8.57. The lowest BCUT2D eigenvalue weighted by Gasteiger charge is -2.07. The third kappa shape index (κ3) is 3.84. The minimum Gasteiger partial charge on any atom is -0.454 e. The number of ether oxygens (including phenoxy) is 1. The quantitative estimate of drug-likeness (QED) is 0.457. The van der Waals surface area contributed by atoms with Gasteiger partial charge < -0.3 is 4.74 Å². The van der Waals surface area contributed by atoms with Crippen LogP contribution in [-0.4, -0.2) is 20.5 Å². The van der Waals surface area contributed by atoms with Gasteiger partial charge in [0.1, 0.15) is 17.4 Å². The van der Waals surface area contributed by atoms with Gasteiger partial charge in [0.05, 0.1) is 18.2 Å². The van der Waals surface area contributed by atoms with E-state index in [0.29, 0.717) is 11.4 Å². The Morgan fingerprint density at radius 2 is 1.89 bits per heavy atom. The first kappa shape index (κ1) is 18.1. The highest BCUT2D eigenvalue weighted by Crippen LogP contribution is 2.24. The van der Waals surface area contributed by atoms with Crippen molar-refractivity contribution in [2.45, 2.75) is 13.5 Å². The molecule has 0 amide bonds. The normalized spacial score (nSPS) is 10.8. The Morgan fingerprint density at radius 1 is 1.14 bits per heavy atom. The Balaban J connectivity index is 1.45. The van der Waals surface area contributed by atoms with Crippen LogP contribution in [0.5, 0.6) is 0 Å². The number of carbonyl (C=O) groups excluding carboxylic acids is 1. The van der Waals surface area contributed by atoms with Crippen LogP contribution in [0.4, 0.5) is 4.39 Å². The standard InChI is InChI=1S/C21H16FN3O2S/c1-14-2-4-15(5-3-14)20-24-17(12-28-20)11-27-21(26)19-10-23-13-25(19)18-8-6-16(22)7-9-18/h2-10,12-13H,11H2,1H3. The summed E-state index contributed by atoms with van der Waals surface area (Å²) in [7, 11) is 0. The van der Waals surface area contributed by atoms with Crippen molar-refractivity contribution in [3.05, 3.63) is 89.2 Å². The molecule has 0 fully saturated rings. The van der Waals surface area contributed by atoms with Gasteiger partial charge in [0, 0.05) is 16.6 Å². The molecule has 0 aliphatic rings. The van der Waals surface area contributed by atoms with Crippen molar-refractivity contribution in [1.82, 2.24) is 14.5 Å². The third-order valence-electron chi connectivity index (χ3n) is 4.15. The summed E-state index contributed by atoms with van der Waals surface area (Å²) in [6.45, 7) is 2.10. The van der Waals surface area contributed by atoms with Crippen LogP contribution in [0.1, 0.15) is 21.7 Å². The number of rotatable bonds is 5. The second-order valence-corrected chi connectivity index (χ2v) is 7.07. The van der Waals surface area contributed by atoms with Gasteiger partial charge in [0.25, 0.3) is 0 Å². The molecule has 0 radical (unpaired) electrons. The monoisotopic (exact) mass is 393 g/mol. The lowest BCUT2D eigenvalue weighted by Crippen LogP contribution is -2.11. The van der Waals surface area contributed by atoms with E-state index < -0.39 is 5.97 Å². The summed E-state index contributed by atoms with van der Waals surface area (Å²) in [5.41, 5.74) is 3.79. The molecule has 0 saturated heterocycles. The molecule has 2 aromatic carbocycles. The highest BCUT2D eigenvalue weighted by Gasteiger charge is 2.16. The maximum atomic E-state index is 13.1. The molecular formula is C21H16FN3O2S. The number of imidazole rings is 1. The van der Waals surface area contributed by atoms with Gasteiger partial charge >= 0.3 is 5.97 Å². The summed E-state index contributed by atoms with van der Waals surface area (Å²) in [5.74, 6) is -0.868. The fraction of sp³-hybridized carbons (Fsp3) is 0.0952. The zero-order valence-corrected chi connectivity index (χ0v) is 15.8. The van der Waals surface area contributed by atoms with Crippen molar-refractivity contribution in [2.24, 2.45) is 0 Å². The number of esters is 1. The van der Waals surface area contributed by atoms with Gasteiger partial charge in [-0.2, -0.15) is 0 Å². The predicted octanol–water partition coefficient (Wildman–Crippen LogP) is 4.80. The van der Waals surface area contributed by atoms with Crippen molar-refractivity contribution >= 4 is 17.3 Å². The smallest absolute Gasteiger partial charge is 0.357 e. The van der Waals surface area contributed by atoms with Gasteiger partial charge in [-0.3, -0.25) is 4.57 Å². The van der Waals surface area contributed by atoms with Gasteiger partial charge in [0.15, 0.2) is 5.69 Å². The molecule has 140 valence electrons. The molecule has 0 atom stereocenters. The average molecular weight is 393 g/mol. The Kier molecular flexibility index (Phi) is 4.99. The third-order valence-corrected chi connectivity index (χ3v) is 5.09. The fourth-order valence-electron chi connectivity index (χ4n) is 2.67. The maximum absolute atomic E-state index is 13.1. The number of thiazole rings is 1. The lowest BCUT2D eigenvalue weighted by molar-refractivity contribution is 0.0459. The Bertz CT molecular complexity index is 1100. The topological polar surface area (TPSA) is 57.0 Å². The molecule has 0 spiro atoms. The van der Waals surface area contributed by atoms with Crippen LogP contribution in [0.2, 0.25) is 0 Å². The number of carbonyl (C=O) groups is 1. The highest BCUT2D eigenvalue weighted by atomic mass is 32.1. The second-order valence-electron chi connectivity index (χ2n) is 6.21. The van der Waals surface area contributed by atoms with Gasteiger partial charge in [-0.15, -0.1) is 11.3 Å². The molecule has 7 heteroatoms. The average Bonchev–Trinajstić information content (AvgIpc) is 3.37. The molecule has 5 nitrogen and oxygen atoms in total. The van der Waals surface area contributed by atoms with Crippen LogP contribution in [0.3, 0.4) is 0 Å². The molecule has 4 aromatic rings. The summed E-state index contributed by atoms with van der Waals surface area (Å²) < 4.78 is 20.1. The summed E-state index contributed by atoms with van der Waals surface area (Å²) in [4.78, 5) is 21.0. The van der Waals surface area contributed by atoms with Crippen LogP contribution < -0.4 is 0 Å². The van der Waals surface area contributed by atoms with E-state index in [0.717, 1.165) is 10.6 Å². The van der Waals surface area contributed by atoms with E-state index >= 15 is 0 Å². The van der Waals surface area contributed by atoms with Gasteiger partial charge in [-0.25, -0.2) is 19.2 Å². The van der Waals surface area contributed by atoms with Crippen LogP contribution in [0.15, 0.2) is 66.4 Å². The molecule has 0 aliphatic heterocycles. The van der Waals surface area contributed by atoms with Crippen molar-refractivity contribution in [2.75, 3.05) is 0 Å². The molecule has 2 aromatic heterocycles. The molecule has 0 N–H and O–H groups in total. The number of halogens is 1. The molecule has 2 heterocycles. The molecule has 0 unspecified atom stereocenters. The number of aromatic nitrogens is 3. The SMILES string of the molecule is Cc1ccc(-c2nc(COC(=O)c3cncn3-c3ccc(F)cc3)cs2)cc1. The maximum Gasteiger partial charge on any atom is 0.357 e. The first-order valence-corrected chi connectivity index (χ1v) is 9.45. The number of benzene rings is 2. The fourth-order valence-corrected chi connectivity index (χ4v) is 3.48. The summed E-state index contributed by atoms with van der Waals surface area (Å²) in [5, 5.41) is 2.75. The van der Waals surface area contributed by atoms with Crippen LogP contribution in [-0.2, 0) is 11.3 Å². The van der Waals surface area contributed by atoms with Crippen molar-refractivity contribution < 1.29 is 13.9 Å². The number of nitrogens with zero attached hydrogens (tertiary/aromatic N) is 3. The summed E-state index contributed by atoms with van der Waals surface area (Å²) >= 11 is 1.50. The molecule has 0 aliphatic carbocycles. The van der Waals surface area contributed by atoms with Crippen molar-refractivity contribution in [1.29, 1.82) is 0 Å². The van der Waals surface area contributed by atoms with E-state index in [1.54, 1.807) is 16.7 Å². The zero-order valence-electron chi connectivity index (χ0n) is 15.0. The summed E-state index contributed by atoms with van der Waals surface area (Å²) in [6, 6.07) is 13.9. The van der Waals surface area contributed by atoms with Crippen molar-refractivity contribution in [3.63, 3.8) is 0 Å². The Morgan fingerprint density at radius 3 is 2.64 bits per heavy atom. The van der Waals surface area contributed by atoms with Gasteiger partial charge in [-0.05, 0) is 31.2 Å². The van der Waals surface area contributed by atoms with E-state index in [1.807, 2.05) is 36.6 Å². The van der Waals surface area contributed by atoms with E-state index in [1.165, 1.54) is 41.6 Å². The predicted molar refractivity (Wildman–Crippen MR) is 105 cm³/mol. The molecule has 0 bridgehead atoms. The number of hydrogen-bond acceptors (Lipinski definition) is 5. The summed E-state index contributed by atoms with van der Waals surface area (Å²) in [6.07, 6.45) is 2.91. The minimum absolute atomic E-state index is 0.0653. The van der Waals surface area contributed by atoms with E-state index in [4.69, 9.17) is 4.74 Å². The largest absolute Gasteiger partial charge is 0.454 e. The first-order chi connectivity index (χ1) is 13.6. The lowest BCUT2D eigenvalue weighted by atomic mass is 10.2. The van der Waals surface area contributed by atoms with E-state index in [2.05, 4.69) is 9.97 Å². The molecular weight excluding hydrogens is 377 g/mol. The van der Waals surface area contributed by atoms with Gasteiger partial charge in [0.2, 0.25) is 0 Å². The number of aryl methyl sites for hydroxylation is 1. The Hall–Kier alpha value is -3.32. The van der Waals surface area contributed by atoms with Crippen molar-refractivity contribution in [3.8, 4) is 16.3 Å². The molecule has 28 heavy (non-hydrogen) atoms. The van der Waals surface area contributed by atoms with Crippen LogP contribution in [0, 0.1) is 12.7 Å². The van der Waals surface area contributed by atoms with Gasteiger partial charge in [-0.1, -0.05) is 29.8 Å². The van der Waals surface area contributed by atoms with Crippen LogP contribution in [0.25, 0.3) is 16.3 Å². The highest BCUT2D eigenvalue weighted by molar-refractivity contribution is 7.13. The van der Waals surface area contributed by atoms with E-state index in [9.17, 15) is 9.18 Å². The molecule has 0 saturated carbocycles. The molecule has 4 rings (SSSR count). The van der Waals surface area contributed by atoms with Crippen LogP contribution >= 0.6 is 11.3 Å². The Labute approximate surface area is 165 Å². The minimum atomic E-state index is -0.522. The second kappa shape index (κ2) is 7.74. The zero-order chi connectivity index (χ0) is 19.5.